The van der Waals surface area contributed by atoms with Crippen LogP contribution in [0.3, 0.4) is 0 Å². The van der Waals surface area contributed by atoms with Crippen molar-refractivity contribution in [2.24, 2.45) is 11.7 Å². The molecule has 0 radical (unpaired) electrons. The lowest BCUT2D eigenvalue weighted by Crippen LogP contribution is -2.27. The van der Waals surface area contributed by atoms with Gasteiger partial charge in [0.05, 0.1) is 24.4 Å². The Morgan fingerprint density at radius 1 is 1.40 bits per heavy atom. The summed E-state index contributed by atoms with van der Waals surface area (Å²) >= 11 is 0. The Morgan fingerprint density at radius 3 is 2.80 bits per heavy atom. The van der Waals surface area contributed by atoms with E-state index in [0.717, 1.165) is 11.3 Å². The zero-order chi connectivity index (χ0) is 14.4. The van der Waals surface area contributed by atoms with Gasteiger partial charge in [-0.1, -0.05) is 18.2 Å². The van der Waals surface area contributed by atoms with E-state index in [4.69, 9.17) is 10.5 Å². The molecule has 0 aliphatic carbocycles. The first-order valence-corrected chi connectivity index (χ1v) is 6.70. The number of esters is 1. The Bertz CT molecular complexity index is 551. The molecule has 0 bridgehead atoms. The van der Waals surface area contributed by atoms with Crippen LogP contribution in [0.2, 0.25) is 0 Å². The number of carbonyl (C=O) groups excluding carboxylic acids is 1. The maximum Gasteiger partial charge on any atom is 0.310 e. The number of nitrogens with two attached hydrogens (primary N) is 1. The first kappa shape index (κ1) is 14.3. The number of benzene rings is 1. The van der Waals surface area contributed by atoms with E-state index in [1.807, 2.05) is 36.5 Å². The summed E-state index contributed by atoms with van der Waals surface area (Å²) < 4.78 is 6.80. The predicted octanol–water partition coefficient (Wildman–Crippen LogP) is 1.55. The van der Waals surface area contributed by atoms with Crippen LogP contribution in [0.25, 0.3) is 5.69 Å². The summed E-state index contributed by atoms with van der Waals surface area (Å²) in [6.07, 6.45) is 4.22. The molecule has 0 saturated carbocycles. The quantitative estimate of drug-likeness (QED) is 0.811. The van der Waals surface area contributed by atoms with Crippen LogP contribution in [-0.4, -0.2) is 28.9 Å². The molecule has 0 aliphatic rings. The van der Waals surface area contributed by atoms with Gasteiger partial charge in [-0.2, -0.15) is 5.10 Å². The second-order valence-corrected chi connectivity index (χ2v) is 4.52. The standard InChI is InChI=1S/C15H19N3O2/c1-2-20-15(19)13(9-16)8-12-10-17-18(11-12)14-6-4-3-5-7-14/h3-7,10-11,13H,2,8-9,16H2,1H3. The molecule has 2 rings (SSSR count). The molecule has 1 aromatic carbocycles. The SMILES string of the molecule is CCOC(=O)C(CN)Cc1cnn(-c2ccccc2)c1. The minimum Gasteiger partial charge on any atom is -0.466 e. The van der Waals surface area contributed by atoms with Crippen LogP contribution in [0.15, 0.2) is 42.7 Å². The molecule has 20 heavy (non-hydrogen) atoms. The van der Waals surface area contributed by atoms with E-state index in [1.54, 1.807) is 17.8 Å². The van der Waals surface area contributed by atoms with Crippen LogP contribution in [0.1, 0.15) is 12.5 Å². The highest BCUT2D eigenvalue weighted by atomic mass is 16.5. The van der Waals surface area contributed by atoms with Gasteiger partial charge in [-0.25, -0.2) is 4.68 Å². The third-order valence-electron chi connectivity index (χ3n) is 3.04. The fraction of sp³-hybridized carbons (Fsp3) is 0.333. The number of para-hydroxylation sites is 1. The summed E-state index contributed by atoms with van der Waals surface area (Å²) in [6.45, 7) is 2.44. The Balaban J connectivity index is 2.07. The lowest BCUT2D eigenvalue weighted by atomic mass is 10.0. The van der Waals surface area contributed by atoms with E-state index in [9.17, 15) is 4.79 Å². The summed E-state index contributed by atoms with van der Waals surface area (Å²) in [6, 6.07) is 9.82. The maximum atomic E-state index is 11.7. The zero-order valence-corrected chi connectivity index (χ0v) is 11.5. The van der Waals surface area contributed by atoms with Gasteiger partial charge in [-0.3, -0.25) is 4.79 Å². The van der Waals surface area contributed by atoms with Gasteiger partial charge in [0, 0.05) is 12.7 Å². The number of nitrogens with zero attached hydrogens (tertiary/aromatic N) is 2. The van der Waals surface area contributed by atoms with Crippen LogP contribution < -0.4 is 5.73 Å². The van der Waals surface area contributed by atoms with E-state index in [0.29, 0.717) is 13.0 Å². The van der Waals surface area contributed by atoms with Gasteiger partial charge >= 0.3 is 5.97 Å². The van der Waals surface area contributed by atoms with Crippen molar-refractivity contribution < 1.29 is 9.53 Å². The first-order valence-electron chi connectivity index (χ1n) is 6.70. The van der Waals surface area contributed by atoms with Crippen molar-refractivity contribution in [2.75, 3.05) is 13.2 Å². The van der Waals surface area contributed by atoms with Gasteiger partial charge in [0.2, 0.25) is 0 Å². The highest BCUT2D eigenvalue weighted by molar-refractivity contribution is 5.73. The Labute approximate surface area is 118 Å². The van der Waals surface area contributed by atoms with E-state index < -0.39 is 0 Å². The molecule has 0 saturated heterocycles. The average Bonchev–Trinajstić information content (AvgIpc) is 2.94. The van der Waals surface area contributed by atoms with Crippen molar-refractivity contribution in [2.45, 2.75) is 13.3 Å². The second kappa shape index (κ2) is 6.86. The normalized spacial score (nSPS) is 12.1. The van der Waals surface area contributed by atoms with E-state index in [-0.39, 0.29) is 18.4 Å². The molecule has 1 atom stereocenters. The molecule has 5 nitrogen and oxygen atoms in total. The molecular weight excluding hydrogens is 254 g/mol. The predicted molar refractivity (Wildman–Crippen MR) is 76.4 cm³/mol. The largest absolute Gasteiger partial charge is 0.466 e. The number of carbonyl (C=O) groups is 1. The molecule has 2 aromatic rings. The van der Waals surface area contributed by atoms with Gasteiger partial charge in [0.1, 0.15) is 0 Å². The molecule has 1 aromatic heterocycles. The Hall–Kier alpha value is -2.14. The summed E-state index contributed by atoms with van der Waals surface area (Å²) in [5.74, 6) is -0.564. The molecule has 0 spiro atoms. The lowest BCUT2D eigenvalue weighted by Gasteiger charge is -2.11. The molecule has 106 valence electrons. The van der Waals surface area contributed by atoms with Gasteiger partial charge in [0.15, 0.2) is 0 Å². The molecular formula is C15H19N3O2. The molecule has 1 heterocycles. The Morgan fingerprint density at radius 2 is 2.15 bits per heavy atom. The van der Waals surface area contributed by atoms with Gasteiger partial charge in [-0.05, 0) is 31.0 Å². The van der Waals surface area contributed by atoms with Gasteiger partial charge in [-0.15, -0.1) is 0 Å². The minimum atomic E-state index is -0.316. The first-order chi connectivity index (χ1) is 9.74. The number of aromatic nitrogens is 2. The number of hydrogen-bond acceptors (Lipinski definition) is 4. The fourth-order valence-electron chi connectivity index (χ4n) is 1.99. The van der Waals surface area contributed by atoms with Crippen LogP contribution in [0, 0.1) is 5.92 Å². The molecule has 2 N–H and O–H groups in total. The summed E-state index contributed by atoms with van der Waals surface area (Å²) in [7, 11) is 0. The number of ether oxygens (including phenoxy) is 1. The van der Waals surface area contributed by atoms with Crippen molar-refractivity contribution in [3.63, 3.8) is 0 Å². The minimum absolute atomic E-state index is 0.248. The van der Waals surface area contributed by atoms with E-state index >= 15 is 0 Å². The Kier molecular flexibility index (Phi) is 4.90. The van der Waals surface area contributed by atoms with E-state index in [2.05, 4.69) is 5.10 Å². The van der Waals surface area contributed by atoms with Gasteiger partial charge in [0.25, 0.3) is 0 Å². The average molecular weight is 273 g/mol. The van der Waals surface area contributed by atoms with Crippen molar-refractivity contribution >= 4 is 5.97 Å². The summed E-state index contributed by atoms with van der Waals surface area (Å²) in [5.41, 5.74) is 7.60. The van der Waals surface area contributed by atoms with Gasteiger partial charge < -0.3 is 10.5 Å². The summed E-state index contributed by atoms with van der Waals surface area (Å²) in [5, 5.41) is 4.30. The highest BCUT2D eigenvalue weighted by Crippen LogP contribution is 2.12. The van der Waals surface area contributed by atoms with E-state index in [1.165, 1.54) is 0 Å². The highest BCUT2D eigenvalue weighted by Gasteiger charge is 2.19. The fourth-order valence-corrected chi connectivity index (χ4v) is 1.99. The maximum absolute atomic E-state index is 11.7. The topological polar surface area (TPSA) is 70.1 Å². The summed E-state index contributed by atoms with van der Waals surface area (Å²) in [4.78, 5) is 11.7. The second-order valence-electron chi connectivity index (χ2n) is 4.52. The molecule has 0 aliphatic heterocycles. The van der Waals surface area contributed by atoms with Crippen molar-refractivity contribution in [1.29, 1.82) is 0 Å². The van der Waals surface area contributed by atoms with Crippen molar-refractivity contribution in [1.82, 2.24) is 9.78 Å². The van der Waals surface area contributed by atoms with Crippen molar-refractivity contribution in [3.8, 4) is 5.69 Å². The smallest absolute Gasteiger partial charge is 0.310 e. The van der Waals surface area contributed by atoms with Crippen LogP contribution >= 0.6 is 0 Å². The third-order valence-corrected chi connectivity index (χ3v) is 3.04. The van der Waals surface area contributed by atoms with Crippen LogP contribution in [0.5, 0.6) is 0 Å². The zero-order valence-electron chi connectivity index (χ0n) is 11.5. The van der Waals surface area contributed by atoms with Crippen LogP contribution in [-0.2, 0) is 16.0 Å². The molecule has 0 fully saturated rings. The molecule has 1 unspecified atom stereocenters. The third kappa shape index (κ3) is 3.45. The molecule has 5 heteroatoms. The van der Waals surface area contributed by atoms with Crippen LogP contribution in [0.4, 0.5) is 0 Å². The monoisotopic (exact) mass is 273 g/mol. The van der Waals surface area contributed by atoms with Crippen molar-refractivity contribution in [3.05, 3.63) is 48.3 Å². The molecule has 0 amide bonds. The number of hydrogen-bond donors (Lipinski definition) is 1. The lowest BCUT2D eigenvalue weighted by molar-refractivity contribution is -0.147. The number of rotatable bonds is 6.